The molecule has 0 atom stereocenters. The van der Waals surface area contributed by atoms with Gasteiger partial charge in [-0.2, -0.15) is 0 Å². The summed E-state index contributed by atoms with van der Waals surface area (Å²) in [6.45, 7) is 9.05. The second kappa shape index (κ2) is 7.81. The van der Waals surface area contributed by atoms with Gasteiger partial charge in [-0.25, -0.2) is 0 Å². The van der Waals surface area contributed by atoms with Gasteiger partial charge in [0.2, 0.25) is 0 Å². The molecule has 0 aromatic carbocycles. The Labute approximate surface area is 91.3 Å². The van der Waals surface area contributed by atoms with Crippen molar-refractivity contribution in [1.82, 2.24) is 0 Å². The van der Waals surface area contributed by atoms with Crippen molar-refractivity contribution < 1.29 is 0 Å². The number of allylic oxidation sites excluding steroid dienone is 2. The number of hydrogen-bond donors (Lipinski definition) is 0. The molecule has 0 bridgehead atoms. The normalized spacial score (nSPS) is 12.6. The van der Waals surface area contributed by atoms with Gasteiger partial charge in [0.25, 0.3) is 0 Å². The summed E-state index contributed by atoms with van der Waals surface area (Å²) >= 11 is 0. The highest BCUT2D eigenvalue weighted by atomic mass is 33.1. The van der Waals surface area contributed by atoms with Crippen LogP contribution in [0.1, 0.15) is 40.5 Å². The molecule has 13 heavy (non-hydrogen) atoms. The van der Waals surface area contributed by atoms with Gasteiger partial charge in [-0.15, -0.1) is 0 Å². The third kappa shape index (κ3) is 12.4. The highest BCUT2D eigenvalue weighted by Crippen LogP contribution is 2.29. The van der Waals surface area contributed by atoms with Crippen molar-refractivity contribution in [2.24, 2.45) is 5.41 Å². The summed E-state index contributed by atoms with van der Waals surface area (Å²) < 4.78 is 0. The molecule has 78 valence electrons. The summed E-state index contributed by atoms with van der Waals surface area (Å²) in [4.78, 5) is 0. The molecule has 0 spiro atoms. The van der Waals surface area contributed by atoms with Gasteiger partial charge < -0.3 is 0 Å². The van der Waals surface area contributed by atoms with E-state index in [1.807, 2.05) is 21.6 Å². The fourth-order valence-electron chi connectivity index (χ4n) is 0.678. The van der Waals surface area contributed by atoms with E-state index in [0.717, 1.165) is 0 Å². The predicted octanol–water partition coefficient (Wildman–Crippen LogP) is 4.77. The molecule has 0 aliphatic heterocycles. The molecule has 0 aromatic heterocycles. The lowest BCUT2D eigenvalue weighted by Gasteiger charge is -2.16. The van der Waals surface area contributed by atoms with Gasteiger partial charge in [0, 0.05) is 11.5 Å². The zero-order chi connectivity index (χ0) is 10.2. The summed E-state index contributed by atoms with van der Waals surface area (Å²) in [6, 6.07) is 0. The Kier molecular flexibility index (Phi) is 8.07. The molecule has 0 N–H and O–H groups in total. The second-order valence-electron chi connectivity index (χ2n) is 4.31. The SMILES string of the molecule is CC/C=C\CCSSCC(C)(C)C. The van der Waals surface area contributed by atoms with Crippen molar-refractivity contribution in [1.29, 1.82) is 0 Å². The minimum Gasteiger partial charge on any atom is -0.0938 e. The molecule has 0 nitrogen and oxygen atoms in total. The summed E-state index contributed by atoms with van der Waals surface area (Å²) in [7, 11) is 4.00. The average Bonchev–Trinajstić information content (AvgIpc) is 2.01. The Morgan fingerprint density at radius 1 is 1.08 bits per heavy atom. The molecule has 0 aliphatic carbocycles. The van der Waals surface area contributed by atoms with Crippen LogP contribution in [-0.2, 0) is 0 Å². The highest BCUT2D eigenvalue weighted by Gasteiger charge is 2.09. The molecular weight excluding hydrogens is 196 g/mol. The van der Waals surface area contributed by atoms with Gasteiger partial charge in [-0.3, -0.25) is 0 Å². The van der Waals surface area contributed by atoms with E-state index < -0.39 is 0 Å². The number of hydrogen-bond acceptors (Lipinski definition) is 2. The van der Waals surface area contributed by atoms with Gasteiger partial charge >= 0.3 is 0 Å². The molecule has 0 fully saturated rings. The molecule has 0 rings (SSSR count). The summed E-state index contributed by atoms with van der Waals surface area (Å²) in [5.74, 6) is 2.49. The minimum atomic E-state index is 0.469. The number of rotatable bonds is 6. The van der Waals surface area contributed by atoms with Crippen molar-refractivity contribution >= 4 is 21.6 Å². The fraction of sp³-hybridized carbons (Fsp3) is 0.818. The van der Waals surface area contributed by atoms with E-state index in [2.05, 4.69) is 39.8 Å². The van der Waals surface area contributed by atoms with Crippen LogP contribution >= 0.6 is 21.6 Å². The first-order valence-electron chi connectivity index (χ1n) is 4.95. The molecule has 0 saturated carbocycles. The van der Waals surface area contributed by atoms with Crippen LogP contribution in [0.2, 0.25) is 0 Å². The van der Waals surface area contributed by atoms with E-state index >= 15 is 0 Å². The van der Waals surface area contributed by atoms with Crippen LogP contribution in [0.3, 0.4) is 0 Å². The molecular formula is C11H22S2. The Morgan fingerprint density at radius 2 is 1.77 bits per heavy atom. The standard InChI is InChI=1S/C11H22S2/c1-5-6-7-8-9-12-13-10-11(2,3)4/h6-7H,5,8-10H2,1-4H3/b7-6-. The highest BCUT2D eigenvalue weighted by molar-refractivity contribution is 8.76. The lowest BCUT2D eigenvalue weighted by molar-refractivity contribution is 0.482. The van der Waals surface area contributed by atoms with Crippen LogP contribution in [0.15, 0.2) is 12.2 Å². The van der Waals surface area contributed by atoms with Crippen molar-refractivity contribution in [3.63, 3.8) is 0 Å². The maximum absolute atomic E-state index is 2.29. The van der Waals surface area contributed by atoms with E-state index in [-0.39, 0.29) is 0 Å². The molecule has 0 radical (unpaired) electrons. The Bertz CT molecular complexity index is 134. The lowest BCUT2D eigenvalue weighted by Crippen LogP contribution is -2.07. The van der Waals surface area contributed by atoms with E-state index in [4.69, 9.17) is 0 Å². The third-order valence-corrected chi connectivity index (χ3v) is 4.25. The minimum absolute atomic E-state index is 0.469. The zero-order valence-corrected chi connectivity index (χ0v) is 10.9. The van der Waals surface area contributed by atoms with Crippen molar-refractivity contribution in [3.8, 4) is 0 Å². The van der Waals surface area contributed by atoms with E-state index in [0.29, 0.717) is 5.41 Å². The maximum Gasteiger partial charge on any atom is 0.00857 e. The topological polar surface area (TPSA) is 0 Å². The van der Waals surface area contributed by atoms with E-state index in [9.17, 15) is 0 Å². The second-order valence-corrected chi connectivity index (χ2v) is 6.90. The first kappa shape index (κ1) is 13.4. The molecule has 0 saturated heterocycles. The van der Waals surface area contributed by atoms with E-state index in [1.165, 1.54) is 24.3 Å². The predicted molar refractivity (Wildman–Crippen MR) is 68.4 cm³/mol. The van der Waals surface area contributed by atoms with E-state index in [1.54, 1.807) is 0 Å². The Balaban J connectivity index is 3.13. The smallest absolute Gasteiger partial charge is 0.00857 e. The average molecular weight is 218 g/mol. The molecule has 0 heterocycles. The van der Waals surface area contributed by atoms with Gasteiger partial charge in [0.15, 0.2) is 0 Å². The lowest BCUT2D eigenvalue weighted by atomic mass is 10.0. The summed E-state index contributed by atoms with van der Waals surface area (Å²) in [5.41, 5.74) is 0.469. The van der Waals surface area contributed by atoms with Crippen LogP contribution in [0.4, 0.5) is 0 Å². The first-order valence-corrected chi connectivity index (χ1v) is 7.44. The molecule has 0 amide bonds. The monoisotopic (exact) mass is 218 g/mol. The molecule has 0 aliphatic rings. The van der Waals surface area contributed by atoms with Crippen molar-refractivity contribution in [2.75, 3.05) is 11.5 Å². The van der Waals surface area contributed by atoms with Crippen LogP contribution in [0, 0.1) is 5.41 Å². The summed E-state index contributed by atoms with van der Waals surface area (Å²) in [5, 5.41) is 0. The first-order chi connectivity index (χ1) is 6.06. The molecule has 0 aromatic rings. The zero-order valence-electron chi connectivity index (χ0n) is 9.30. The molecule has 0 unspecified atom stereocenters. The Morgan fingerprint density at radius 3 is 2.31 bits per heavy atom. The summed E-state index contributed by atoms with van der Waals surface area (Å²) in [6.07, 6.45) is 6.91. The van der Waals surface area contributed by atoms with Gasteiger partial charge in [-0.05, 0) is 18.3 Å². The van der Waals surface area contributed by atoms with Gasteiger partial charge in [0.05, 0.1) is 0 Å². The van der Waals surface area contributed by atoms with Crippen LogP contribution in [0.25, 0.3) is 0 Å². The third-order valence-electron chi connectivity index (χ3n) is 1.35. The largest absolute Gasteiger partial charge is 0.0938 e. The van der Waals surface area contributed by atoms with Crippen molar-refractivity contribution in [2.45, 2.75) is 40.5 Å². The van der Waals surface area contributed by atoms with Crippen LogP contribution in [-0.4, -0.2) is 11.5 Å². The Hall–Kier alpha value is 0.440. The maximum atomic E-state index is 2.29. The quantitative estimate of drug-likeness (QED) is 0.358. The van der Waals surface area contributed by atoms with Crippen molar-refractivity contribution in [3.05, 3.63) is 12.2 Å². The van der Waals surface area contributed by atoms with Crippen LogP contribution < -0.4 is 0 Å². The van der Waals surface area contributed by atoms with Gasteiger partial charge in [-0.1, -0.05) is 61.4 Å². The van der Waals surface area contributed by atoms with Crippen LogP contribution in [0.5, 0.6) is 0 Å². The fourth-order valence-corrected chi connectivity index (χ4v) is 3.42. The van der Waals surface area contributed by atoms with Gasteiger partial charge in [0.1, 0.15) is 0 Å². The molecule has 2 heteroatoms.